The molecule has 100 valence electrons. The summed E-state index contributed by atoms with van der Waals surface area (Å²) in [5, 5.41) is 18.0. The molecule has 0 bridgehead atoms. The predicted molar refractivity (Wildman–Crippen MR) is 66.4 cm³/mol. The Morgan fingerprint density at radius 1 is 1.50 bits per heavy atom. The van der Waals surface area contributed by atoms with E-state index in [1.54, 1.807) is 0 Å². The average Bonchev–Trinajstić information content (AvgIpc) is 2.79. The number of rotatable bonds is 5. The van der Waals surface area contributed by atoms with Crippen LogP contribution in [0.2, 0.25) is 0 Å². The Hall–Kier alpha value is -1.33. The molecule has 1 saturated heterocycles. The number of hydrogen-bond donors (Lipinski definition) is 2. The maximum atomic E-state index is 11.3. The minimum absolute atomic E-state index is 0.221. The van der Waals surface area contributed by atoms with Gasteiger partial charge in [-0.3, -0.25) is 9.69 Å². The summed E-state index contributed by atoms with van der Waals surface area (Å²) in [6, 6.07) is 1.80. The standard InChI is InChI=1S/C13H19NO4/c15-6-2-4-10-3-1-5-14(10)8-11-7-12(16)13(17)9-18-11/h7,9-10,15,17H,1-6,8H2. The molecule has 1 fully saturated rings. The van der Waals surface area contributed by atoms with Crippen LogP contribution in [-0.2, 0) is 6.54 Å². The molecule has 2 heterocycles. The van der Waals surface area contributed by atoms with Crippen molar-refractivity contribution in [3.8, 4) is 5.75 Å². The number of aliphatic hydroxyl groups is 1. The first kappa shape index (κ1) is 13.1. The van der Waals surface area contributed by atoms with E-state index in [4.69, 9.17) is 14.6 Å². The highest BCUT2D eigenvalue weighted by molar-refractivity contribution is 5.15. The van der Waals surface area contributed by atoms with Crippen LogP contribution >= 0.6 is 0 Å². The highest BCUT2D eigenvalue weighted by Gasteiger charge is 2.24. The van der Waals surface area contributed by atoms with Gasteiger partial charge in [0.2, 0.25) is 5.43 Å². The summed E-state index contributed by atoms with van der Waals surface area (Å²) in [6.07, 6.45) is 5.14. The van der Waals surface area contributed by atoms with Gasteiger partial charge in [-0.15, -0.1) is 0 Å². The van der Waals surface area contributed by atoms with E-state index in [2.05, 4.69) is 4.90 Å². The fraction of sp³-hybridized carbons (Fsp3) is 0.615. The third-order valence-corrected chi connectivity index (χ3v) is 3.42. The third kappa shape index (κ3) is 3.11. The normalized spacial score (nSPS) is 20.4. The Balaban J connectivity index is 1.99. The molecule has 0 amide bonds. The SMILES string of the molecule is O=c1cc(CN2CCCC2CCCO)occ1O. The van der Waals surface area contributed by atoms with Gasteiger partial charge in [-0.1, -0.05) is 0 Å². The van der Waals surface area contributed by atoms with E-state index < -0.39 is 5.43 Å². The molecule has 5 nitrogen and oxygen atoms in total. The summed E-state index contributed by atoms with van der Waals surface area (Å²) in [7, 11) is 0. The van der Waals surface area contributed by atoms with E-state index in [-0.39, 0.29) is 12.4 Å². The molecule has 1 aliphatic rings. The Labute approximate surface area is 106 Å². The first-order valence-electron chi connectivity index (χ1n) is 6.36. The first-order valence-corrected chi connectivity index (χ1v) is 6.36. The maximum absolute atomic E-state index is 11.3. The highest BCUT2D eigenvalue weighted by atomic mass is 16.4. The minimum Gasteiger partial charge on any atom is -0.502 e. The molecule has 0 saturated carbocycles. The molecule has 2 N–H and O–H groups in total. The quantitative estimate of drug-likeness (QED) is 0.821. The van der Waals surface area contributed by atoms with Crippen LogP contribution in [0.3, 0.4) is 0 Å². The van der Waals surface area contributed by atoms with Gasteiger partial charge in [0, 0.05) is 18.7 Å². The van der Waals surface area contributed by atoms with Gasteiger partial charge in [-0.2, -0.15) is 0 Å². The van der Waals surface area contributed by atoms with Crippen molar-refractivity contribution >= 4 is 0 Å². The van der Waals surface area contributed by atoms with Crippen molar-refractivity contribution in [2.45, 2.75) is 38.3 Å². The largest absolute Gasteiger partial charge is 0.502 e. The van der Waals surface area contributed by atoms with Crippen molar-refractivity contribution in [3.63, 3.8) is 0 Å². The number of aliphatic hydroxyl groups excluding tert-OH is 1. The summed E-state index contributed by atoms with van der Waals surface area (Å²) in [5.74, 6) is 0.228. The number of aromatic hydroxyl groups is 1. The molecule has 5 heteroatoms. The summed E-state index contributed by atoms with van der Waals surface area (Å²) in [4.78, 5) is 13.6. The third-order valence-electron chi connectivity index (χ3n) is 3.42. The van der Waals surface area contributed by atoms with Gasteiger partial charge < -0.3 is 14.6 Å². The number of nitrogens with zero attached hydrogens (tertiary/aromatic N) is 1. The van der Waals surface area contributed by atoms with Crippen molar-refractivity contribution in [2.24, 2.45) is 0 Å². The van der Waals surface area contributed by atoms with Crippen LogP contribution in [0, 0.1) is 0 Å². The first-order chi connectivity index (χ1) is 8.70. The van der Waals surface area contributed by atoms with Crippen LogP contribution < -0.4 is 5.43 Å². The van der Waals surface area contributed by atoms with Crippen molar-refractivity contribution in [2.75, 3.05) is 13.2 Å². The monoisotopic (exact) mass is 253 g/mol. The van der Waals surface area contributed by atoms with Gasteiger partial charge >= 0.3 is 0 Å². The molecule has 1 unspecified atom stereocenters. The Kier molecular flexibility index (Phi) is 4.38. The van der Waals surface area contributed by atoms with E-state index in [1.807, 2.05) is 0 Å². The van der Waals surface area contributed by atoms with E-state index >= 15 is 0 Å². The van der Waals surface area contributed by atoms with Gasteiger partial charge in [-0.25, -0.2) is 0 Å². The molecule has 0 aromatic carbocycles. The van der Waals surface area contributed by atoms with Crippen LogP contribution in [0.25, 0.3) is 0 Å². The van der Waals surface area contributed by atoms with Gasteiger partial charge in [-0.05, 0) is 32.2 Å². The Morgan fingerprint density at radius 2 is 2.33 bits per heavy atom. The average molecular weight is 253 g/mol. The summed E-state index contributed by atoms with van der Waals surface area (Å²) < 4.78 is 5.21. The molecule has 0 spiro atoms. The minimum atomic E-state index is -0.401. The summed E-state index contributed by atoms with van der Waals surface area (Å²) in [5.41, 5.74) is -0.401. The van der Waals surface area contributed by atoms with Crippen molar-refractivity contribution < 1.29 is 14.6 Å². The fourth-order valence-electron chi connectivity index (χ4n) is 2.48. The molecular formula is C13H19NO4. The molecular weight excluding hydrogens is 234 g/mol. The molecule has 1 aromatic rings. The molecule has 1 atom stereocenters. The van der Waals surface area contributed by atoms with Crippen molar-refractivity contribution in [1.82, 2.24) is 4.90 Å². The lowest BCUT2D eigenvalue weighted by Gasteiger charge is -2.23. The number of hydrogen-bond acceptors (Lipinski definition) is 5. The zero-order valence-corrected chi connectivity index (χ0v) is 10.3. The van der Waals surface area contributed by atoms with Gasteiger partial charge in [0.15, 0.2) is 5.75 Å². The van der Waals surface area contributed by atoms with Crippen LogP contribution in [0.15, 0.2) is 21.5 Å². The van der Waals surface area contributed by atoms with Crippen LogP contribution in [0.4, 0.5) is 0 Å². The lowest BCUT2D eigenvalue weighted by molar-refractivity contribution is 0.196. The second-order valence-corrected chi connectivity index (χ2v) is 4.73. The lowest BCUT2D eigenvalue weighted by atomic mass is 10.1. The molecule has 18 heavy (non-hydrogen) atoms. The molecule has 2 rings (SSSR count). The Bertz CT molecular complexity index is 443. The topological polar surface area (TPSA) is 73.9 Å². The molecule has 0 radical (unpaired) electrons. The summed E-state index contributed by atoms with van der Waals surface area (Å²) in [6.45, 7) is 1.80. The smallest absolute Gasteiger partial charge is 0.226 e. The molecule has 0 aliphatic carbocycles. The lowest BCUT2D eigenvalue weighted by Crippen LogP contribution is -2.29. The van der Waals surface area contributed by atoms with Crippen molar-refractivity contribution in [3.05, 3.63) is 28.3 Å². The summed E-state index contributed by atoms with van der Waals surface area (Å²) >= 11 is 0. The van der Waals surface area contributed by atoms with E-state index in [0.717, 1.165) is 38.5 Å². The molecule has 1 aromatic heterocycles. The fourth-order valence-corrected chi connectivity index (χ4v) is 2.48. The highest BCUT2D eigenvalue weighted by Crippen LogP contribution is 2.23. The second kappa shape index (κ2) is 6.02. The van der Waals surface area contributed by atoms with Crippen LogP contribution in [0.1, 0.15) is 31.4 Å². The zero-order valence-electron chi connectivity index (χ0n) is 10.3. The maximum Gasteiger partial charge on any atom is 0.226 e. The van der Waals surface area contributed by atoms with E-state index in [9.17, 15) is 4.79 Å². The molecule has 1 aliphatic heterocycles. The van der Waals surface area contributed by atoms with E-state index in [1.165, 1.54) is 6.07 Å². The Morgan fingerprint density at radius 3 is 3.06 bits per heavy atom. The van der Waals surface area contributed by atoms with Gasteiger partial charge in [0.1, 0.15) is 12.0 Å². The predicted octanol–water partition coefficient (Wildman–Crippen LogP) is 1.08. The van der Waals surface area contributed by atoms with Gasteiger partial charge in [0.05, 0.1) is 6.54 Å². The van der Waals surface area contributed by atoms with Crippen LogP contribution in [-0.4, -0.2) is 34.3 Å². The second-order valence-electron chi connectivity index (χ2n) is 4.73. The van der Waals surface area contributed by atoms with Gasteiger partial charge in [0.25, 0.3) is 0 Å². The van der Waals surface area contributed by atoms with Crippen molar-refractivity contribution in [1.29, 1.82) is 0 Å². The zero-order chi connectivity index (χ0) is 13.0. The number of likely N-dealkylation sites (tertiary alicyclic amines) is 1. The van der Waals surface area contributed by atoms with Crippen LogP contribution in [0.5, 0.6) is 5.75 Å². The van der Waals surface area contributed by atoms with E-state index in [0.29, 0.717) is 18.3 Å².